The summed E-state index contributed by atoms with van der Waals surface area (Å²) in [4.78, 5) is 13.1. The van der Waals surface area contributed by atoms with E-state index in [4.69, 9.17) is 4.74 Å². The van der Waals surface area contributed by atoms with Crippen LogP contribution in [-0.2, 0) is 14.8 Å². The van der Waals surface area contributed by atoms with Gasteiger partial charge in [-0.25, -0.2) is 13.2 Å². The Morgan fingerprint density at radius 3 is 2.54 bits per heavy atom. The number of thioether (sulfide) groups is 1. The van der Waals surface area contributed by atoms with Crippen LogP contribution in [-0.4, -0.2) is 33.0 Å². The highest BCUT2D eigenvalue weighted by Crippen LogP contribution is 2.18. The molecule has 0 heterocycles. The summed E-state index contributed by atoms with van der Waals surface area (Å²) < 4.78 is 30.0. The van der Waals surface area contributed by atoms with E-state index in [1.54, 1.807) is 30.0 Å². The molecule has 24 heavy (non-hydrogen) atoms. The van der Waals surface area contributed by atoms with Gasteiger partial charge in [0.25, 0.3) is 0 Å². The predicted octanol–water partition coefficient (Wildman–Crippen LogP) is 3.32. The van der Waals surface area contributed by atoms with Crippen LogP contribution in [0.2, 0.25) is 0 Å². The van der Waals surface area contributed by atoms with Gasteiger partial charge in [-0.2, -0.15) is 0 Å². The van der Waals surface area contributed by atoms with Crippen LogP contribution >= 0.6 is 11.8 Å². The average molecular weight is 365 g/mol. The van der Waals surface area contributed by atoms with E-state index < -0.39 is 16.0 Å². The van der Waals surface area contributed by atoms with Crippen molar-refractivity contribution in [2.45, 2.75) is 11.8 Å². The van der Waals surface area contributed by atoms with Gasteiger partial charge in [-0.15, -0.1) is 11.8 Å². The summed E-state index contributed by atoms with van der Waals surface area (Å²) in [6.07, 6.45) is 1.06. The van der Waals surface area contributed by atoms with Crippen molar-refractivity contribution in [3.05, 3.63) is 59.7 Å². The normalized spacial score (nSPS) is 11.1. The highest BCUT2D eigenvalue weighted by atomic mass is 32.2. The highest BCUT2D eigenvalue weighted by Gasteiger charge is 2.09. The van der Waals surface area contributed by atoms with Gasteiger partial charge in [-0.05, 0) is 37.3 Å². The standard InChI is InChI=1S/C17H19NO4S2/c1-13-6-8-16(9-7-13)23-11-10-22-17(19)14-4-3-5-15(12-14)18-24(2,20)21/h3-9,12,18H,10-11H2,1-2H3. The van der Waals surface area contributed by atoms with Crippen LogP contribution in [0.3, 0.4) is 0 Å². The number of hydrogen-bond donors (Lipinski definition) is 1. The molecule has 0 aliphatic carbocycles. The molecule has 0 aromatic heterocycles. The number of nitrogens with one attached hydrogen (secondary N) is 1. The maximum Gasteiger partial charge on any atom is 0.338 e. The quantitative estimate of drug-likeness (QED) is 0.463. The van der Waals surface area contributed by atoms with Gasteiger partial charge in [-0.1, -0.05) is 23.8 Å². The van der Waals surface area contributed by atoms with E-state index in [2.05, 4.69) is 4.72 Å². The number of sulfonamides is 1. The third-order valence-corrected chi connectivity index (χ3v) is 4.59. The predicted molar refractivity (Wildman–Crippen MR) is 97.1 cm³/mol. The molecular weight excluding hydrogens is 346 g/mol. The third-order valence-electron chi connectivity index (χ3n) is 3.01. The minimum Gasteiger partial charge on any atom is -0.461 e. The zero-order valence-corrected chi connectivity index (χ0v) is 15.1. The van der Waals surface area contributed by atoms with Crippen molar-refractivity contribution in [3.63, 3.8) is 0 Å². The molecule has 7 heteroatoms. The van der Waals surface area contributed by atoms with E-state index in [-0.39, 0.29) is 6.61 Å². The lowest BCUT2D eigenvalue weighted by atomic mass is 10.2. The lowest BCUT2D eigenvalue weighted by Crippen LogP contribution is -2.11. The second-order valence-electron chi connectivity index (χ2n) is 5.25. The fraction of sp³-hybridized carbons (Fsp3) is 0.235. The number of aryl methyl sites for hydroxylation is 1. The number of carbonyl (C=O) groups is 1. The summed E-state index contributed by atoms with van der Waals surface area (Å²) in [7, 11) is -3.38. The Balaban J connectivity index is 1.84. The fourth-order valence-corrected chi connectivity index (χ4v) is 3.22. The van der Waals surface area contributed by atoms with Crippen molar-refractivity contribution in [2.75, 3.05) is 23.3 Å². The Hall–Kier alpha value is -1.99. The van der Waals surface area contributed by atoms with E-state index in [0.717, 1.165) is 11.2 Å². The molecule has 0 aliphatic heterocycles. The molecule has 0 atom stereocenters. The molecule has 128 valence electrons. The Morgan fingerprint density at radius 2 is 1.88 bits per heavy atom. The Bertz CT molecular complexity index is 802. The minimum atomic E-state index is -3.38. The van der Waals surface area contributed by atoms with E-state index >= 15 is 0 Å². The number of rotatable bonds is 7. The molecule has 1 N–H and O–H groups in total. The number of carbonyl (C=O) groups excluding carboxylic acids is 1. The van der Waals surface area contributed by atoms with Crippen LogP contribution in [0.4, 0.5) is 5.69 Å². The SMILES string of the molecule is Cc1ccc(SCCOC(=O)c2cccc(NS(C)(=O)=O)c2)cc1. The maximum absolute atomic E-state index is 12.0. The minimum absolute atomic E-state index is 0.279. The molecule has 0 bridgehead atoms. The molecule has 0 amide bonds. The lowest BCUT2D eigenvalue weighted by molar-refractivity contribution is 0.0530. The summed E-state index contributed by atoms with van der Waals surface area (Å²) >= 11 is 1.61. The maximum atomic E-state index is 12.0. The molecule has 0 saturated heterocycles. The molecule has 2 aromatic carbocycles. The second-order valence-corrected chi connectivity index (χ2v) is 8.17. The largest absolute Gasteiger partial charge is 0.461 e. The molecule has 0 radical (unpaired) electrons. The Labute approximate surface area is 146 Å². The van der Waals surface area contributed by atoms with E-state index in [0.29, 0.717) is 17.0 Å². The first kappa shape index (κ1) is 18.4. The van der Waals surface area contributed by atoms with Crippen molar-refractivity contribution >= 4 is 33.4 Å². The number of esters is 1. The number of benzene rings is 2. The molecule has 2 rings (SSSR count). The molecule has 0 saturated carbocycles. The smallest absolute Gasteiger partial charge is 0.338 e. The molecule has 2 aromatic rings. The van der Waals surface area contributed by atoms with Gasteiger partial charge in [0.1, 0.15) is 6.61 Å². The van der Waals surface area contributed by atoms with Gasteiger partial charge >= 0.3 is 5.97 Å². The molecule has 5 nitrogen and oxygen atoms in total. The fourth-order valence-electron chi connectivity index (χ4n) is 1.94. The summed E-state index contributed by atoms with van der Waals surface area (Å²) in [5, 5.41) is 0. The average Bonchev–Trinajstić information content (AvgIpc) is 2.51. The topological polar surface area (TPSA) is 72.5 Å². The van der Waals surface area contributed by atoms with Crippen LogP contribution in [0.5, 0.6) is 0 Å². The molecule has 0 unspecified atom stereocenters. The monoisotopic (exact) mass is 365 g/mol. The van der Waals surface area contributed by atoms with Gasteiger partial charge in [0.15, 0.2) is 0 Å². The third kappa shape index (κ3) is 6.25. The van der Waals surface area contributed by atoms with E-state index in [1.807, 2.05) is 31.2 Å². The van der Waals surface area contributed by atoms with Gasteiger partial charge in [0, 0.05) is 16.3 Å². The highest BCUT2D eigenvalue weighted by molar-refractivity contribution is 7.99. The number of anilines is 1. The first-order valence-electron chi connectivity index (χ1n) is 7.28. The summed E-state index contributed by atoms with van der Waals surface area (Å²) in [5.41, 5.74) is 1.85. The second kappa shape index (κ2) is 8.21. The molecular formula is C17H19NO4S2. The van der Waals surface area contributed by atoms with Crippen molar-refractivity contribution < 1.29 is 17.9 Å². The van der Waals surface area contributed by atoms with Gasteiger partial charge in [-0.3, -0.25) is 4.72 Å². The van der Waals surface area contributed by atoms with Crippen molar-refractivity contribution in [2.24, 2.45) is 0 Å². The number of ether oxygens (including phenoxy) is 1. The van der Waals surface area contributed by atoms with Crippen LogP contribution < -0.4 is 4.72 Å². The summed E-state index contributed by atoms with van der Waals surface area (Å²) in [6, 6.07) is 14.4. The lowest BCUT2D eigenvalue weighted by Gasteiger charge is -2.07. The Morgan fingerprint density at radius 1 is 1.17 bits per heavy atom. The van der Waals surface area contributed by atoms with Crippen LogP contribution in [0.15, 0.2) is 53.4 Å². The Kier molecular flexibility index (Phi) is 6.28. The molecule has 0 aliphatic rings. The van der Waals surface area contributed by atoms with Gasteiger partial charge < -0.3 is 4.74 Å². The first-order valence-corrected chi connectivity index (χ1v) is 10.2. The van der Waals surface area contributed by atoms with Crippen molar-refractivity contribution in [3.8, 4) is 0 Å². The first-order chi connectivity index (χ1) is 11.3. The van der Waals surface area contributed by atoms with Crippen molar-refractivity contribution in [1.82, 2.24) is 0 Å². The zero-order chi connectivity index (χ0) is 17.6. The number of hydrogen-bond acceptors (Lipinski definition) is 5. The van der Waals surface area contributed by atoms with E-state index in [1.165, 1.54) is 11.6 Å². The van der Waals surface area contributed by atoms with Crippen molar-refractivity contribution in [1.29, 1.82) is 0 Å². The van der Waals surface area contributed by atoms with E-state index in [9.17, 15) is 13.2 Å². The van der Waals surface area contributed by atoms with Crippen LogP contribution in [0, 0.1) is 6.92 Å². The summed E-state index contributed by atoms with van der Waals surface area (Å²) in [5.74, 6) is 0.174. The van der Waals surface area contributed by atoms with Crippen LogP contribution in [0.25, 0.3) is 0 Å². The summed E-state index contributed by atoms with van der Waals surface area (Å²) in [6.45, 7) is 2.31. The van der Waals surface area contributed by atoms with Gasteiger partial charge in [0.05, 0.1) is 11.8 Å². The molecule has 0 fully saturated rings. The zero-order valence-electron chi connectivity index (χ0n) is 13.5. The van der Waals surface area contributed by atoms with Crippen LogP contribution in [0.1, 0.15) is 15.9 Å². The molecule has 0 spiro atoms. The van der Waals surface area contributed by atoms with Gasteiger partial charge in [0.2, 0.25) is 10.0 Å².